The summed E-state index contributed by atoms with van der Waals surface area (Å²) >= 11 is 6.03. The highest BCUT2D eigenvalue weighted by molar-refractivity contribution is 6.76. The molecule has 0 aliphatic heterocycles. The van der Waals surface area contributed by atoms with Crippen LogP contribution in [0.15, 0.2) is 49.1 Å². The van der Waals surface area contributed by atoms with Gasteiger partial charge in [-0.25, -0.2) is 14.6 Å². The zero-order valence-electron chi connectivity index (χ0n) is 17.2. The summed E-state index contributed by atoms with van der Waals surface area (Å²) in [7, 11) is -1.15. The maximum absolute atomic E-state index is 6.03. The monoisotopic (exact) mass is 438 g/mol. The van der Waals surface area contributed by atoms with E-state index in [1.807, 2.05) is 29.1 Å². The molecule has 0 N–H and O–H groups in total. The van der Waals surface area contributed by atoms with Crippen molar-refractivity contribution >= 4 is 30.6 Å². The minimum absolute atomic E-state index is 0.183. The quantitative estimate of drug-likeness (QED) is 0.231. The van der Waals surface area contributed by atoms with Crippen LogP contribution in [0.1, 0.15) is 0 Å². The molecule has 0 amide bonds. The molecule has 0 bridgehead atoms. The summed E-state index contributed by atoms with van der Waals surface area (Å²) in [6.45, 7) is 8.07. The minimum atomic E-state index is -1.15. The van der Waals surface area contributed by atoms with E-state index in [4.69, 9.17) is 21.4 Å². The normalized spacial score (nSPS) is 11.9. The maximum atomic E-state index is 6.03. The van der Waals surface area contributed by atoms with Gasteiger partial charge < -0.3 is 4.74 Å². The molecule has 0 saturated carbocycles. The number of nitrogens with zero attached hydrogens (tertiary/aromatic N) is 6. The van der Waals surface area contributed by atoms with Gasteiger partial charge in [-0.15, -0.1) is 0 Å². The molecule has 0 radical (unpaired) electrons. The summed E-state index contributed by atoms with van der Waals surface area (Å²) in [5.41, 5.74) is 4.00. The molecule has 7 nitrogen and oxygen atoms in total. The smallest absolute Gasteiger partial charge is 0.222 e. The molecule has 0 unspecified atom stereocenters. The molecule has 4 heterocycles. The number of aromatic nitrogens is 6. The Morgan fingerprint density at radius 3 is 2.67 bits per heavy atom. The van der Waals surface area contributed by atoms with E-state index in [1.165, 1.54) is 0 Å². The van der Waals surface area contributed by atoms with Crippen molar-refractivity contribution in [2.75, 3.05) is 6.61 Å². The van der Waals surface area contributed by atoms with Crippen LogP contribution in [0.25, 0.3) is 33.5 Å². The second kappa shape index (κ2) is 8.59. The lowest BCUT2D eigenvalue weighted by molar-refractivity contribution is 0.0818. The highest BCUT2D eigenvalue weighted by atomic mass is 35.5. The first-order valence-corrected chi connectivity index (χ1v) is 13.8. The lowest BCUT2D eigenvalue weighted by atomic mass is 10.1. The fraction of sp³-hybridized carbons (Fsp3) is 0.286. The number of ether oxygens (including phenoxy) is 1. The molecular weight excluding hydrogens is 416 g/mol. The summed E-state index contributed by atoms with van der Waals surface area (Å²) in [5.74, 6) is 0. The molecule has 0 atom stereocenters. The molecule has 9 heteroatoms. The third-order valence-electron chi connectivity index (χ3n) is 4.67. The summed E-state index contributed by atoms with van der Waals surface area (Å²) in [6.07, 6.45) is 6.98. The van der Waals surface area contributed by atoms with Crippen molar-refractivity contribution in [3.05, 3.63) is 54.3 Å². The second-order valence-electron chi connectivity index (χ2n) is 8.24. The van der Waals surface area contributed by atoms with Crippen molar-refractivity contribution in [3.63, 3.8) is 0 Å². The Morgan fingerprint density at radius 2 is 1.93 bits per heavy atom. The average Bonchev–Trinajstić information content (AvgIpc) is 3.09. The zero-order chi connectivity index (χ0) is 21.1. The molecule has 4 aromatic heterocycles. The van der Waals surface area contributed by atoms with E-state index in [1.54, 1.807) is 24.7 Å². The van der Waals surface area contributed by atoms with Gasteiger partial charge in [0, 0.05) is 44.2 Å². The second-order valence-corrected chi connectivity index (χ2v) is 14.2. The predicted molar refractivity (Wildman–Crippen MR) is 121 cm³/mol. The van der Waals surface area contributed by atoms with Crippen molar-refractivity contribution < 1.29 is 4.74 Å². The van der Waals surface area contributed by atoms with Gasteiger partial charge >= 0.3 is 0 Å². The van der Waals surface area contributed by atoms with Crippen molar-refractivity contribution in [2.24, 2.45) is 0 Å². The van der Waals surface area contributed by atoms with Gasteiger partial charge in [0.2, 0.25) is 5.28 Å². The maximum Gasteiger partial charge on any atom is 0.222 e. The van der Waals surface area contributed by atoms with Gasteiger partial charge in [0.05, 0.1) is 23.1 Å². The van der Waals surface area contributed by atoms with Crippen LogP contribution in [0.4, 0.5) is 0 Å². The number of rotatable bonds is 7. The number of hydrogen-bond donors (Lipinski definition) is 0. The highest BCUT2D eigenvalue weighted by Gasteiger charge is 2.17. The van der Waals surface area contributed by atoms with Gasteiger partial charge in [0.1, 0.15) is 12.4 Å². The molecule has 30 heavy (non-hydrogen) atoms. The van der Waals surface area contributed by atoms with E-state index in [0.717, 1.165) is 33.9 Å². The number of pyridine rings is 2. The van der Waals surface area contributed by atoms with Gasteiger partial charge in [-0.2, -0.15) is 5.10 Å². The van der Waals surface area contributed by atoms with Crippen LogP contribution in [0.5, 0.6) is 0 Å². The van der Waals surface area contributed by atoms with Crippen LogP contribution < -0.4 is 0 Å². The summed E-state index contributed by atoms with van der Waals surface area (Å²) in [6, 6.07) is 8.77. The van der Waals surface area contributed by atoms with E-state index in [9.17, 15) is 0 Å². The minimum Gasteiger partial charge on any atom is -0.360 e. The van der Waals surface area contributed by atoms with Crippen molar-refractivity contribution in [2.45, 2.75) is 32.4 Å². The van der Waals surface area contributed by atoms with Crippen molar-refractivity contribution in [1.82, 2.24) is 29.7 Å². The SMILES string of the molecule is C[Si](C)(C)CCOCn1nc(-c2ccnc(Cl)n2)c2cc(-c3cccnc3)ncc21. The fourth-order valence-corrected chi connectivity index (χ4v) is 3.93. The number of fused-ring (bicyclic) bond motifs is 1. The molecule has 0 aliphatic rings. The van der Waals surface area contributed by atoms with Crippen LogP contribution in [-0.2, 0) is 11.5 Å². The molecule has 0 aromatic carbocycles. The lowest BCUT2D eigenvalue weighted by Crippen LogP contribution is -2.22. The Balaban J connectivity index is 1.73. The Bertz CT molecular complexity index is 1160. The third kappa shape index (κ3) is 4.72. The van der Waals surface area contributed by atoms with Crippen LogP contribution in [0, 0.1) is 0 Å². The van der Waals surface area contributed by atoms with Gasteiger partial charge in [-0.3, -0.25) is 9.97 Å². The van der Waals surface area contributed by atoms with E-state index < -0.39 is 8.07 Å². The van der Waals surface area contributed by atoms with Gasteiger partial charge in [0.25, 0.3) is 0 Å². The van der Waals surface area contributed by atoms with Crippen LogP contribution >= 0.6 is 11.6 Å². The molecule has 4 rings (SSSR count). The van der Waals surface area contributed by atoms with Gasteiger partial charge in [-0.05, 0) is 41.9 Å². The average molecular weight is 439 g/mol. The molecule has 0 aliphatic carbocycles. The third-order valence-corrected chi connectivity index (χ3v) is 6.56. The molecule has 0 fully saturated rings. The van der Waals surface area contributed by atoms with E-state index >= 15 is 0 Å². The highest BCUT2D eigenvalue weighted by Crippen LogP contribution is 2.30. The van der Waals surface area contributed by atoms with Crippen LogP contribution in [0.3, 0.4) is 0 Å². The zero-order valence-corrected chi connectivity index (χ0v) is 19.0. The van der Waals surface area contributed by atoms with Crippen LogP contribution in [0.2, 0.25) is 31.0 Å². The number of halogens is 1. The van der Waals surface area contributed by atoms with Crippen LogP contribution in [-0.4, -0.2) is 44.4 Å². The molecule has 4 aromatic rings. The topological polar surface area (TPSA) is 78.6 Å². The Labute approximate surface area is 181 Å². The van der Waals surface area contributed by atoms with Gasteiger partial charge in [0.15, 0.2) is 0 Å². The standard InChI is InChI=1S/C21H23ClN6OSi/c1-30(2,3)10-9-29-14-28-19-13-25-18(15-5-4-7-23-12-15)11-16(19)20(27-28)17-6-8-24-21(22)26-17/h4-8,11-13H,9-10,14H2,1-3H3. The molecule has 154 valence electrons. The van der Waals surface area contributed by atoms with E-state index in [-0.39, 0.29) is 5.28 Å². The Kier molecular flexibility index (Phi) is 5.89. The Morgan fingerprint density at radius 1 is 1.07 bits per heavy atom. The number of hydrogen-bond acceptors (Lipinski definition) is 6. The Hall–Kier alpha value is -2.68. The van der Waals surface area contributed by atoms with Gasteiger partial charge in [-0.1, -0.05) is 19.6 Å². The van der Waals surface area contributed by atoms with Crippen molar-refractivity contribution in [3.8, 4) is 22.6 Å². The summed E-state index contributed by atoms with van der Waals surface area (Å²) in [4.78, 5) is 17.1. The fourth-order valence-electron chi connectivity index (χ4n) is 3.03. The van der Waals surface area contributed by atoms with Crippen molar-refractivity contribution in [1.29, 1.82) is 0 Å². The lowest BCUT2D eigenvalue weighted by Gasteiger charge is -2.15. The predicted octanol–water partition coefficient (Wildman–Crippen LogP) is 4.92. The first kappa shape index (κ1) is 20.6. The summed E-state index contributed by atoms with van der Waals surface area (Å²) in [5, 5.41) is 5.87. The largest absolute Gasteiger partial charge is 0.360 e. The molecular formula is C21H23ClN6OSi. The van der Waals surface area contributed by atoms with E-state index in [2.05, 4.69) is 39.6 Å². The summed E-state index contributed by atoms with van der Waals surface area (Å²) < 4.78 is 7.75. The molecule has 0 spiro atoms. The molecule has 0 saturated heterocycles. The first-order chi connectivity index (χ1) is 14.4. The first-order valence-electron chi connectivity index (χ1n) is 9.74. The van der Waals surface area contributed by atoms with E-state index in [0.29, 0.717) is 19.0 Å².